The number of aryl methyl sites for hydroxylation is 1. The average Bonchev–Trinajstić information content (AvgIpc) is 3.35. The highest BCUT2D eigenvalue weighted by atomic mass is 16.7. The second kappa shape index (κ2) is 14.2. The lowest BCUT2D eigenvalue weighted by Crippen LogP contribution is -2.28. The summed E-state index contributed by atoms with van der Waals surface area (Å²) in [6.45, 7) is 8.20. The van der Waals surface area contributed by atoms with E-state index < -0.39 is 11.8 Å². The third-order valence-corrected chi connectivity index (χ3v) is 8.36. The van der Waals surface area contributed by atoms with Crippen molar-refractivity contribution in [2.75, 3.05) is 0 Å². The van der Waals surface area contributed by atoms with Gasteiger partial charge in [0.05, 0.1) is 17.1 Å². The van der Waals surface area contributed by atoms with E-state index in [4.69, 9.17) is 14.5 Å². The molecule has 2 aliphatic rings. The maximum atomic E-state index is 13.1. The number of allylic oxidation sites excluding steroid dienone is 1. The molecule has 3 aromatic rings. The van der Waals surface area contributed by atoms with Crippen molar-refractivity contribution in [2.24, 2.45) is 16.8 Å². The van der Waals surface area contributed by atoms with Crippen molar-refractivity contribution in [1.29, 1.82) is 0 Å². The van der Waals surface area contributed by atoms with Crippen LogP contribution < -0.4 is 4.74 Å². The second-order valence-corrected chi connectivity index (χ2v) is 13.0. The molecular formula is C37H43N3O5. The van der Waals surface area contributed by atoms with Gasteiger partial charge in [-0.1, -0.05) is 68.7 Å². The molecule has 1 amide bonds. The Hall–Kier alpha value is -4.33. The first-order valence-electron chi connectivity index (χ1n) is 16.1. The molecule has 2 aliphatic carbocycles. The number of unbranched alkanes of at least 4 members (excludes halogenated alkanes) is 1. The predicted octanol–water partition coefficient (Wildman–Crippen LogP) is 7.80. The Morgan fingerprint density at radius 3 is 2.53 bits per heavy atom. The van der Waals surface area contributed by atoms with Gasteiger partial charge in [-0.2, -0.15) is 0 Å². The molecule has 1 aromatic heterocycles. The lowest BCUT2D eigenvalue weighted by atomic mass is 9.79. The third kappa shape index (κ3) is 8.04. The standard InChI is InChI=1S/C37H43N3O5/c1-5-6-15-34-39-31-21-20-28(38-35(42)30-13-8-7-11-27(30)24-41)22-32(31)40(34)23-25-16-18-26(19-17-25)29-12-9-10-14-33(29)44-36(43)45-37(2,3)4/h9-10,12,14,16-21,24,27,30H,5-8,11,13,15,22-23H2,1-4H3/t27-,30-/m1/s1. The number of nitrogens with zero attached hydrogens (tertiary/aromatic N) is 3. The molecule has 236 valence electrons. The van der Waals surface area contributed by atoms with E-state index in [1.54, 1.807) is 26.8 Å². The van der Waals surface area contributed by atoms with Crippen LogP contribution in [0, 0.1) is 11.8 Å². The van der Waals surface area contributed by atoms with Crippen LogP contribution >= 0.6 is 0 Å². The number of aromatic nitrogens is 2. The van der Waals surface area contributed by atoms with Crippen molar-refractivity contribution in [3.8, 4) is 16.9 Å². The molecule has 0 aliphatic heterocycles. The molecule has 1 saturated carbocycles. The molecule has 0 N–H and O–H groups in total. The molecule has 2 atom stereocenters. The van der Waals surface area contributed by atoms with Crippen LogP contribution in [0.5, 0.6) is 5.75 Å². The van der Waals surface area contributed by atoms with Crippen LogP contribution in [0.15, 0.2) is 59.6 Å². The Balaban J connectivity index is 1.37. The van der Waals surface area contributed by atoms with Gasteiger partial charge in [0.1, 0.15) is 23.5 Å². The van der Waals surface area contributed by atoms with Gasteiger partial charge in [-0.15, -0.1) is 0 Å². The van der Waals surface area contributed by atoms with Gasteiger partial charge in [-0.05, 0) is 69.4 Å². The number of rotatable bonds is 9. The number of amides is 1. The second-order valence-electron chi connectivity index (χ2n) is 13.0. The van der Waals surface area contributed by atoms with E-state index in [-0.39, 0.29) is 17.7 Å². The zero-order valence-corrected chi connectivity index (χ0v) is 26.8. The molecule has 8 nitrogen and oxygen atoms in total. The van der Waals surface area contributed by atoms with Crippen molar-refractivity contribution < 1.29 is 23.9 Å². The third-order valence-electron chi connectivity index (χ3n) is 8.36. The summed E-state index contributed by atoms with van der Waals surface area (Å²) in [4.78, 5) is 46.6. The number of fused-ring (bicyclic) bond motifs is 1. The van der Waals surface area contributed by atoms with Gasteiger partial charge >= 0.3 is 6.16 Å². The first kappa shape index (κ1) is 32.1. The number of aldehydes is 1. The summed E-state index contributed by atoms with van der Waals surface area (Å²) in [6.07, 6.45) is 10.9. The minimum Gasteiger partial charge on any atom is -0.428 e. The highest BCUT2D eigenvalue weighted by molar-refractivity contribution is 6.07. The Bertz CT molecular complexity index is 1590. The van der Waals surface area contributed by atoms with Gasteiger partial charge in [0, 0.05) is 36.8 Å². The Labute approximate surface area is 265 Å². The van der Waals surface area contributed by atoms with E-state index in [0.717, 1.165) is 85.1 Å². The number of ether oxygens (including phenoxy) is 2. The highest BCUT2D eigenvalue weighted by Crippen LogP contribution is 2.32. The van der Waals surface area contributed by atoms with Gasteiger partial charge < -0.3 is 18.8 Å². The molecule has 0 spiro atoms. The van der Waals surface area contributed by atoms with Crippen molar-refractivity contribution in [3.63, 3.8) is 0 Å². The lowest BCUT2D eigenvalue weighted by molar-refractivity contribution is -0.128. The summed E-state index contributed by atoms with van der Waals surface area (Å²) >= 11 is 0. The van der Waals surface area contributed by atoms with Crippen LogP contribution in [0.2, 0.25) is 0 Å². The number of imidazole rings is 1. The van der Waals surface area contributed by atoms with Gasteiger partial charge in [-0.25, -0.2) is 14.8 Å². The average molecular weight is 610 g/mol. The SMILES string of the molecule is CCCCc1nc2c(n1Cc1ccc(-c3ccccc3OC(=O)OC(C)(C)C)cc1)CC(=NC(=O)[C@@H]1CCCC[C@@H]1C=O)C=C2. The van der Waals surface area contributed by atoms with E-state index in [1.165, 1.54) is 0 Å². The molecule has 0 unspecified atom stereocenters. The summed E-state index contributed by atoms with van der Waals surface area (Å²) < 4.78 is 13.2. The maximum Gasteiger partial charge on any atom is 0.514 e. The lowest BCUT2D eigenvalue weighted by Gasteiger charge is -2.25. The van der Waals surface area contributed by atoms with E-state index >= 15 is 0 Å². The van der Waals surface area contributed by atoms with Crippen LogP contribution in [0.4, 0.5) is 4.79 Å². The smallest absolute Gasteiger partial charge is 0.428 e. The minimum atomic E-state index is -0.739. The summed E-state index contributed by atoms with van der Waals surface area (Å²) in [5, 5.41) is 0. The zero-order chi connectivity index (χ0) is 32.0. The number of para-hydroxylation sites is 1. The largest absolute Gasteiger partial charge is 0.514 e. The fraction of sp³-hybridized carbons (Fsp3) is 0.432. The quantitative estimate of drug-likeness (QED) is 0.139. The molecular weight excluding hydrogens is 566 g/mol. The Morgan fingerprint density at radius 2 is 1.80 bits per heavy atom. The van der Waals surface area contributed by atoms with Gasteiger partial charge in [0.25, 0.3) is 0 Å². The van der Waals surface area contributed by atoms with Crippen LogP contribution in [0.1, 0.15) is 89.0 Å². The van der Waals surface area contributed by atoms with Crippen molar-refractivity contribution in [3.05, 3.63) is 77.4 Å². The minimum absolute atomic E-state index is 0.182. The molecule has 5 rings (SSSR count). The first-order chi connectivity index (χ1) is 21.6. The van der Waals surface area contributed by atoms with Crippen molar-refractivity contribution in [1.82, 2.24) is 9.55 Å². The van der Waals surface area contributed by atoms with E-state index in [9.17, 15) is 14.4 Å². The summed E-state index contributed by atoms with van der Waals surface area (Å²) in [7, 11) is 0. The molecule has 2 aromatic carbocycles. The predicted molar refractivity (Wildman–Crippen MR) is 175 cm³/mol. The number of hydrogen-bond acceptors (Lipinski definition) is 6. The maximum absolute atomic E-state index is 13.1. The molecule has 0 radical (unpaired) electrons. The highest BCUT2D eigenvalue weighted by Gasteiger charge is 2.31. The number of hydrogen-bond donors (Lipinski definition) is 0. The number of aliphatic imine (C=N–C) groups is 1. The van der Waals surface area contributed by atoms with E-state index in [0.29, 0.717) is 24.4 Å². The monoisotopic (exact) mass is 609 g/mol. The zero-order valence-electron chi connectivity index (χ0n) is 26.8. The van der Waals surface area contributed by atoms with Gasteiger partial charge in [-0.3, -0.25) is 4.79 Å². The fourth-order valence-electron chi connectivity index (χ4n) is 6.05. The molecule has 45 heavy (non-hydrogen) atoms. The van der Waals surface area contributed by atoms with Crippen LogP contribution in [-0.2, 0) is 33.7 Å². The summed E-state index contributed by atoms with van der Waals surface area (Å²) in [6, 6.07) is 15.6. The Kier molecular flexibility index (Phi) is 10.1. The molecule has 0 saturated heterocycles. The van der Waals surface area contributed by atoms with Crippen molar-refractivity contribution >= 4 is 30.1 Å². The van der Waals surface area contributed by atoms with E-state index in [2.05, 4.69) is 28.6 Å². The molecule has 1 heterocycles. The normalized spacial score (nSPS) is 18.8. The number of benzene rings is 2. The van der Waals surface area contributed by atoms with Crippen LogP contribution in [0.25, 0.3) is 17.2 Å². The molecule has 0 bridgehead atoms. The summed E-state index contributed by atoms with van der Waals surface area (Å²) in [5.74, 6) is 0.725. The van der Waals surface area contributed by atoms with Crippen molar-refractivity contribution in [2.45, 2.75) is 91.2 Å². The molecule has 8 heteroatoms. The summed E-state index contributed by atoms with van der Waals surface area (Å²) in [5.41, 5.74) is 4.84. The van der Waals surface area contributed by atoms with Crippen LogP contribution in [-0.4, -0.2) is 39.2 Å². The fourth-order valence-corrected chi connectivity index (χ4v) is 6.05. The van der Waals surface area contributed by atoms with Crippen LogP contribution in [0.3, 0.4) is 0 Å². The number of carbonyl (C=O) groups excluding carboxylic acids is 3. The van der Waals surface area contributed by atoms with E-state index in [1.807, 2.05) is 42.5 Å². The van der Waals surface area contributed by atoms with Gasteiger partial charge in [0.15, 0.2) is 0 Å². The number of carbonyl (C=O) groups is 3. The van der Waals surface area contributed by atoms with Gasteiger partial charge in [0.2, 0.25) is 5.91 Å². The topological polar surface area (TPSA) is 99.8 Å². The molecule has 1 fully saturated rings. The first-order valence-corrected chi connectivity index (χ1v) is 16.1. The Morgan fingerprint density at radius 1 is 1.04 bits per heavy atom.